The van der Waals surface area contributed by atoms with Gasteiger partial charge in [-0.2, -0.15) is 0 Å². The molecule has 114 valence electrons. The van der Waals surface area contributed by atoms with E-state index in [1.807, 2.05) is 0 Å². The molecule has 1 aliphatic heterocycles. The van der Waals surface area contributed by atoms with Crippen molar-refractivity contribution in [1.29, 1.82) is 0 Å². The molecule has 5 heteroatoms. The summed E-state index contributed by atoms with van der Waals surface area (Å²) in [5.41, 5.74) is 0.209. The lowest BCUT2D eigenvalue weighted by atomic mass is 9.84. The average Bonchev–Trinajstić information content (AvgIpc) is 2.33. The second-order valence-corrected chi connectivity index (χ2v) is 6.35. The highest BCUT2D eigenvalue weighted by molar-refractivity contribution is 4.91. The van der Waals surface area contributed by atoms with Crippen molar-refractivity contribution in [3.63, 3.8) is 0 Å². The fraction of sp³-hybridized carbons (Fsp3) is 1.00. The van der Waals surface area contributed by atoms with Gasteiger partial charge in [-0.25, -0.2) is 8.78 Å². The predicted molar refractivity (Wildman–Crippen MR) is 73.7 cm³/mol. The molecule has 0 aromatic heterocycles. The predicted octanol–water partition coefficient (Wildman–Crippen LogP) is 2.37. The Morgan fingerprint density at radius 3 is 2.58 bits per heavy atom. The first-order valence-electron chi connectivity index (χ1n) is 7.18. The lowest BCUT2D eigenvalue weighted by Crippen LogP contribution is -2.60. The van der Waals surface area contributed by atoms with Gasteiger partial charge in [-0.15, -0.1) is 0 Å². The van der Waals surface area contributed by atoms with Gasteiger partial charge < -0.3 is 10.1 Å². The number of nitrogens with one attached hydrogen (secondary N) is 1. The SMILES string of the molecule is CCC1CNC(C(C)(C)C)CN1CCOCC(F)F. The van der Waals surface area contributed by atoms with Gasteiger partial charge in [0, 0.05) is 31.7 Å². The van der Waals surface area contributed by atoms with Gasteiger partial charge in [-0.3, -0.25) is 4.90 Å². The molecule has 0 aromatic carbocycles. The smallest absolute Gasteiger partial charge is 0.261 e. The van der Waals surface area contributed by atoms with E-state index in [1.165, 1.54) is 0 Å². The van der Waals surface area contributed by atoms with Gasteiger partial charge in [-0.05, 0) is 11.8 Å². The minimum Gasteiger partial charge on any atom is -0.374 e. The Morgan fingerprint density at radius 2 is 2.05 bits per heavy atom. The van der Waals surface area contributed by atoms with E-state index in [-0.39, 0.29) is 5.41 Å². The van der Waals surface area contributed by atoms with E-state index in [2.05, 4.69) is 37.9 Å². The summed E-state index contributed by atoms with van der Waals surface area (Å²) in [4.78, 5) is 2.37. The van der Waals surface area contributed by atoms with Gasteiger partial charge in [0.25, 0.3) is 6.43 Å². The largest absolute Gasteiger partial charge is 0.374 e. The van der Waals surface area contributed by atoms with Crippen molar-refractivity contribution in [2.45, 2.75) is 52.6 Å². The molecule has 0 bridgehead atoms. The molecule has 3 nitrogen and oxygen atoms in total. The van der Waals surface area contributed by atoms with Crippen molar-refractivity contribution in [3.05, 3.63) is 0 Å². The zero-order valence-electron chi connectivity index (χ0n) is 12.6. The van der Waals surface area contributed by atoms with Crippen molar-refractivity contribution in [3.8, 4) is 0 Å². The third kappa shape index (κ3) is 5.71. The van der Waals surface area contributed by atoms with Crippen LogP contribution < -0.4 is 5.32 Å². The molecule has 1 rings (SSSR count). The molecule has 1 fully saturated rings. The fourth-order valence-corrected chi connectivity index (χ4v) is 2.47. The fourth-order valence-electron chi connectivity index (χ4n) is 2.47. The molecule has 0 radical (unpaired) electrons. The van der Waals surface area contributed by atoms with Crippen LogP contribution in [0.25, 0.3) is 0 Å². The number of rotatable bonds is 6. The summed E-state index contributed by atoms with van der Waals surface area (Å²) in [5, 5.41) is 3.60. The minimum absolute atomic E-state index is 0.209. The molecule has 19 heavy (non-hydrogen) atoms. The number of ether oxygens (including phenoxy) is 1. The number of piperazine rings is 1. The lowest BCUT2D eigenvalue weighted by molar-refractivity contribution is -0.00298. The van der Waals surface area contributed by atoms with Crippen molar-refractivity contribution in [2.75, 3.05) is 32.8 Å². The highest BCUT2D eigenvalue weighted by Gasteiger charge is 2.33. The summed E-state index contributed by atoms with van der Waals surface area (Å²) in [6.07, 6.45) is -1.30. The van der Waals surface area contributed by atoms with E-state index >= 15 is 0 Å². The highest BCUT2D eigenvalue weighted by Crippen LogP contribution is 2.24. The molecule has 0 aromatic rings. The van der Waals surface area contributed by atoms with E-state index in [4.69, 9.17) is 4.74 Å². The Bertz CT molecular complexity index is 256. The number of alkyl halides is 2. The van der Waals surface area contributed by atoms with Crippen LogP contribution in [0.4, 0.5) is 8.78 Å². The average molecular weight is 278 g/mol. The third-order valence-corrected chi connectivity index (χ3v) is 3.82. The maximum Gasteiger partial charge on any atom is 0.261 e. The number of hydrogen-bond acceptors (Lipinski definition) is 3. The molecular formula is C14H28F2N2O. The van der Waals surface area contributed by atoms with Gasteiger partial charge in [0.15, 0.2) is 0 Å². The topological polar surface area (TPSA) is 24.5 Å². The first-order valence-corrected chi connectivity index (χ1v) is 7.18. The second-order valence-electron chi connectivity index (χ2n) is 6.35. The zero-order valence-corrected chi connectivity index (χ0v) is 12.6. The van der Waals surface area contributed by atoms with Crippen LogP contribution in [-0.2, 0) is 4.74 Å². The summed E-state index contributed by atoms with van der Waals surface area (Å²) in [6, 6.07) is 0.916. The van der Waals surface area contributed by atoms with Gasteiger partial charge >= 0.3 is 0 Å². The summed E-state index contributed by atoms with van der Waals surface area (Å²) in [5.74, 6) is 0. The van der Waals surface area contributed by atoms with Crippen molar-refractivity contribution >= 4 is 0 Å². The van der Waals surface area contributed by atoms with Crippen LogP contribution in [0, 0.1) is 5.41 Å². The normalized spacial score (nSPS) is 26.1. The number of halogens is 2. The van der Waals surface area contributed by atoms with Crippen molar-refractivity contribution < 1.29 is 13.5 Å². The maximum absolute atomic E-state index is 12.0. The molecule has 0 amide bonds. The molecule has 0 aliphatic carbocycles. The van der Waals surface area contributed by atoms with E-state index in [0.717, 1.165) is 26.1 Å². The second kappa shape index (κ2) is 7.50. The molecule has 1 aliphatic rings. The Morgan fingerprint density at radius 1 is 1.37 bits per heavy atom. The van der Waals surface area contributed by atoms with E-state index in [1.54, 1.807) is 0 Å². The molecule has 0 spiro atoms. The van der Waals surface area contributed by atoms with Crippen LogP contribution >= 0.6 is 0 Å². The summed E-state index contributed by atoms with van der Waals surface area (Å²) >= 11 is 0. The monoisotopic (exact) mass is 278 g/mol. The summed E-state index contributed by atoms with van der Waals surface area (Å²) in [7, 11) is 0. The van der Waals surface area contributed by atoms with Gasteiger partial charge in [0.1, 0.15) is 6.61 Å². The van der Waals surface area contributed by atoms with Crippen LogP contribution in [0.5, 0.6) is 0 Å². The quantitative estimate of drug-likeness (QED) is 0.755. The lowest BCUT2D eigenvalue weighted by Gasteiger charge is -2.44. The zero-order chi connectivity index (χ0) is 14.5. The number of hydrogen-bond donors (Lipinski definition) is 1. The Labute approximate surface area is 115 Å². The Balaban J connectivity index is 2.42. The standard InChI is InChI=1S/C14H28F2N2O/c1-5-11-8-17-12(14(2,3)4)9-18(11)6-7-19-10-13(15)16/h11-13,17H,5-10H2,1-4H3. The van der Waals surface area contributed by atoms with Gasteiger partial charge in [-0.1, -0.05) is 27.7 Å². The third-order valence-electron chi connectivity index (χ3n) is 3.82. The van der Waals surface area contributed by atoms with Gasteiger partial charge in [0.05, 0.1) is 6.61 Å². The van der Waals surface area contributed by atoms with Crippen molar-refractivity contribution in [2.24, 2.45) is 5.41 Å². The molecule has 2 unspecified atom stereocenters. The van der Waals surface area contributed by atoms with E-state index < -0.39 is 13.0 Å². The summed E-state index contributed by atoms with van der Waals surface area (Å²) in [6.45, 7) is 11.4. The van der Waals surface area contributed by atoms with Crippen LogP contribution in [-0.4, -0.2) is 56.3 Å². The van der Waals surface area contributed by atoms with E-state index in [0.29, 0.717) is 18.7 Å². The minimum atomic E-state index is -2.37. The van der Waals surface area contributed by atoms with Gasteiger partial charge in [0.2, 0.25) is 0 Å². The Hall–Kier alpha value is -0.260. The molecule has 2 atom stereocenters. The summed E-state index contributed by atoms with van der Waals surface area (Å²) < 4.78 is 29.0. The molecule has 1 heterocycles. The maximum atomic E-state index is 12.0. The highest BCUT2D eigenvalue weighted by atomic mass is 19.3. The molecule has 1 N–H and O–H groups in total. The number of nitrogens with zero attached hydrogens (tertiary/aromatic N) is 1. The van der Waals surface area contributed by atoms with Crippen LogP contribution in [0.15, 0.2) is 0 Å². The van der Waals surface area contributed by atoms with E-state index in [9.17, 15) is 8.78 Å². The molecule has 1 saturated heterocycles. The Kier molecular flexibility index (Phi) is 6.63. The van der Waals surface area contributed by atoms with Crippen molar-refractivity contribution in [1.82, 2.24) is 10.2 Å². The molecule has 0 saturated carbocycles. The first kappa shape index (κ1) is 16.8. The van der Waals surface area contributed by atoms with Crippen LogP contribution in [0.1, 0.15) is 34.1 Å². The van der Waals surface area contributed by atoms with Crippen LogP contribution in [0.2, 0.25) is 0 Å². The van der Waals surface area contributed by atoms with Crippen LogP contribution in [0.3, 0.4) is 0 Å². The first-order chi connectivity index (χ1) is 8.84. The molecular weight excluding hydrogens is 250 g/mol.